The second kappa shape index (κ2) is 8.87. The first-order valence-electron chi connectivity index (χ1n) is 11.1. The third-order valence-corrected chi connectivity index (χ3v) is 5.82. The van der Waals surface area contributed by atoms with Crippen LogP contribution in [-0.2, 0) is 11.3 Å². The van der Waals surface area contributed by atoms with Crippen molar-refractivity contribution in [1.82, 2.24) is 24.9 Å². The number of rotatable bonds is 5. The SMILES string of the molecule is CC(C)c1cc(C#CCN2CC(C)(C)C2)cnc1-c1cn(CC2CCCCO2)nn1. The molecule has 1 unspecified atom stereocenters. The van der Waals surface area contributed by atoms with Crippen molar-refractivity contribution in [1.29, 1.82) is 0 Å². The molecular formula is C24H33N5O. The molecule has 2 aliphatic heterocycles. The molecule has 1 atom stereocenters. The highest BCUT2D eigenvalue weighted by Crippen LogP contribution is 2.28. The van der Waals surface area contributed by atoms with Crippen LogP contribution in [0.5, 0.6) is 0 Å². The van der Waals surface area contributed by atoms with Gasteiger partial charge in [-0.1, -0.05) is 44.7 Å². The Hall–Kier alpha value is -2.23. The number of hydrogen-bond acceptors (Lipinski definition) is 5. The largest absolute Gasteiger partial charge is 0.376 e. The van der Waals surface area contributed by atoms with E-state index in [0.29, 0.717) is 11.3 Å². The molecule has 0 spiro atoms. The molecule has 0 N–H and O–H groups in total. The Kier molecular flexibility index (Phi) is 6.21. The summed E-state index contributed by atoms with van der Waals surface area (Å²) in [5.41, 5.74) is 4.28. The molecule has 2 fully saturated rings. The van der Waals surface area contributed by atoms with Crippen molar-refractivity contribution in [3.63, 3.8) is 0 Å². The first kappa shape index (κ1) is 21.0. The summed E-state index contributed by atoms with van der Waals surface area (Å²) in [6.45, 7) is 13.6. The summed E-state index contributed by atoms with van der Waals surface area (Å²) < 4.78 is 7.72. The molecule has 0 bridgehead atoms. The molecule has 0 amide bonds. The lowest BCUT2D eigenvalue weighted by molar-refractivity contribution is 0.00370. The van der Waals surface area contributed by atoms with Gasteiger partial charge in [0.1, 0.15) is 5.69 Å². The highest BCUT2D eigenvalue weighted by Gasteiger charge is 2.33. The Labute approximate surface area is 180 Å². The average molecular weight is 408 g/mol. The Morgan fingerprint density at radius 2 is 2.10 bits per heavy atom. The van der Waals surface area contributed by atoms with Crippen molar-refractivity contribution in [2.45, 2.75) is 65.5 Å². The van der Waals surface area contributed by atoms with Gasteiger partial charge in [0.05, 0.1) is 31.1 Å². The van der Waals surface area contributed by atoms with Crippen LogP contribution in [0, 0.1) is 17.3 Å². The number of nitrogens with zero attached hydrogens (tertiary/aromatic N) is 5. The topological polar surface area (TPSA) is 56.1 Å². The summed E-state index contributed by atoms with van der Waals surface area (Å²) in [6.07, 6.45) is 7.56. The summed E-state index contributed by atoms with van der Waals surface area (Å²) in [5, 5.41) is 8.71. The lowest BCUT2D eigenvalue weighted by Gasteiger charge is -2.44. The molecule has 160 valence electrons. The third-order valence-electron chi connectivity index (χ3n) is 5.82. The molecule has 0 aliphatic carbocycles. The number of pyridine rings is 1. The number of hydrogen-bond donors (Lipinski definition) is 0. The fraction of sp³-hybridized carbons (Fsp3) is 0.625. The van der Waals surface area contributed by atoms with Crippen molar-refractivity contribution in [2.24, 2.45) is 5.41 Å². The summed E-state index contributed by atoms with van der Waals surface area (Å²) >= 11 is 0. The van der Waals surface area contributed by atoms with Gasteiger partial charge < -0.3 is 4.74 Å². The van der Waals surface area contributed by atoms with Crippen molar-refractivity contribution >= 4 is 0 Å². The summed E-state index contributed by atoms with van der Waals surface area (Å²) in [6, 6.07) is 2.16. The Morgan fingerprint density at radius 3 is 2.80 bits per heavy atom. The van der Waals surface area contributed by atoms with Crippen LogP contribution < -0.4 is 0 Å². The van der Waals surface area contributed by atoms with Gasteiger partial charge in [0.15, 0.2) is 0 Å². The minimum atomic E-state index is 0.237. The second-order valence-electron chi connectivity index (χ2n) is 9.74. The molecular weight excluding hydrogens is 374 g/mol. The minimum absolute atomic E-state index is 0.237. The van der Waals surface area contributed by atoms with E-state index >= 15 is 0 Å². The maximum absolute atomic E-state index is 5.83. The van der Waals surface area contributed by atoms with Crippen LogP contribution in [-0.4, -0.2) is 57.2 Å². The van der Waals surface area contributed by atoms with Crippen LogP contribution in [0.15, 0.2) is 18.5 Å². The highest BCUT2D eigenvalue weighted by atomic mass is 16.5. The van der Waals surface area contributed by atoms with E-state index in [1.807, 2.05) is 17.1 Å². The minimum Gasteiger partial charge on any atom is -0.376 e. The first-order chi connectivity index (χ1) is 14.4. The summed E-state index contributed by atoms with van der Waals surface area (Å²) in [4.78, 5) is 7.10. The lowest BCUT2D eigenvalue weighted by atomic mass is 9.84. The smallest absolute Gasteiger partial charge is 0.131 e. The second-order valence-corrected chi connectivity index (χ2v) is 9.74. The lowest BCUT2D eigenvalue weighted by Crippen LogP contribution is -2.52. The Bertz CT molecular complexity index is 923. The Balaban J connectivity index is 1.46. The molecule has 6 nitrogen and oxygen atoms in total. The van der Waals surface area contributed by atoms with Gasteiger partial charge >= 0.3 is 0 Å². The zero-order valence-corrected chi connectivity index (χ0v) is 18.7. The van der Waals surface area contributed by atoms with Crippen molar-refractivity contribution < 1.29 is 4.74 Å². The first-order valence-corrected chi connectivity index (χ1v) is 11.1. The molecule has 4 rings (SSSR count). The van der Waals surface area contributed by atoms with E-state index in [1.54, 1.807) is 0 Å². The maximum Gasteiger partial charge on any atom is 0.131 e. The van der Waals surface area contributed by atoms with Gasteiger partial charge in [0, 0.05) is 31.5 Å². The molecule has 2 saturated heterocycles. The van der Waals surface area contributed by atoms with Crippen LogP contribution in [0.1, 0.15) is 64.0 Å². The van der Waals surface area contributed by atoms with E-state index in [9.17, 15) is 0 Å². The molecule has 30 heavy (non-hydrogen) atoms. The summed E-state index contributed by atoms with van der Waals surface area (Å²) in [7, 11) is 0. The zero-order valence-electron chi connectivity index (χ0n) is 18.7. The van der Waals surface area contributed by atoms with Crippen molar-refractivity contribution in [3.05, 3.63) is 29.6 Å². The number of likely N-dealkylation sites (tertiary alicyclic amines) is 1. The van der Waals surface area contributed by atoms with Crippen LogP contribution in [0.25, 0.3) is 11.4 Å². The van der Waals surface area contributed by atoms with E-state index in [4.69, 9.17) is 9.72 Å². The highest BCUT2D eigenvalue weighted by molar-refractivity contribution is 5.60. The van der Waals surface area contributed by atoms with E-state index in [0.717, 1.165) is 68.1 Å². The van der Waals surface area contributed by atoms with Crippen LogP contribution in [0.3, 0.4) is 0 Å². The molecule has 6 heteroatoms. The quantitative estimate of drug-likeness (QED) is 0.707. The molecule has 0 aromatic carbocycles. The van der Waals surface area contributed by atoms with E-state index in [1.165, 1.54) is 6.42 Å². The normalized spacial score (nSPS) is 21.2. The molecule has 0 radical (unpaired) electrons. The van der Waals surface area contributed by atoms with Crippen LogP contribution in [0.2, 0.25) is 0 Å². The van der Waals surface area contributed by atoms with Crippen LogP contribution >= 0.6 is 0 Å². The maximum atomic E-state index is 5.83. The molecule has 0 saturated carbocycles. The molecule has 2 aliphatic rings. The van der Waals surface area contributed by atoms with E-state index in [-0.39, 0.29) is 6.10 Å². The van der Waals surface area contributed by atoms with Gasteiger partial charge in [0.2, 0.25) is 0 Å². The molecule has 2 aromatic rings. The fourth-order valence-electron chi connectivity index (χ4n) is 4.39. The summed E-state index contributed by atoms with van der Waals surface area (Å²) in [5.74, 6) is 6.93. The van der Waals surface area contributed by atoms with Crippen LogP contribution in [0.4, 0.5) is 0 Å². The standard InChI is InChI=1S/C24H33N5O/c1-18(2)21-12-19(8-7-10-28-16-24(3,4)17-28)13-25-23(21)22-15-29(27-26-22)14-20-9-5-6-11-30-20/h12-13,15,18,20H,5-6,9-11,14,16-17H2,1-4H3. The fourth-order valence-corrected chi connectivity index (χ4v) is 4.39. The van der Waals surface area contributed by atoms with Crippen molar-refractivity contribution in [2.75, 3.05) is 26.2 Å². The van der Waals surface area contributed by atoms with E-state index < -0.39 is 0 Å². The van der Waals surface area contributed by atoms with Gasteiger partial charge in [-0.05, 0) is 42.2 Å². The average Bonchev–Trinajstić information content (AvgIpc) is 3.15. The van der Waals surface area contributed by atoms with Crippen molar-refractivity contribution in [3.8, 4) is 23.2 Å². The predicted octanol–water partition coefficient (Wildman–Crippen LogP) is 3.73. The van der Waals surface area contributed by atoms with Gasteiger partial charge in [-0.15, -0.1) is 5.10 Å². The third kappa shape index (κ3) is 5.08. The zero-order chi connectivity index (χ0) is 21.1. The van der Waals surface area contributed by atoms with Gasteiger partial charge in [-0.3, -0.25) is 9.88 Å². The Morgan fingerprint density at radius 1 is 1.27 bits per heavy atom. The van der Waals surface area contributed by atoms with Gasteiger partial charge in [-0.2, -0.15) is 0 Å². The predicted molar refractivity (Wildman–Crippen MR) is 118 cm³/mol. The number of ether oxygens (including phenoxy) is 1. The van der Waals surface area contributed by atoms with E-state index in [2.05, 4.69) is 60.8 Å². The molecule has 2 aromatic heterocycles. The number of aromatic nitrogens is 4. The monoisotopic (exact) mass is 407 g/mol. The van der Waals surface area contributed by atoms with Gasteiger partial charge in [-0.25, -0.2) is 4.68 Å². The van der Waals surface area contributed by atoms with Gasteiger partial charge in [0.25, 0.3) is 0 Å². The molecule has 4 heterocycles.